The summed E-state index contributed by atoms with van der Waals surface area (Å²) in [7, 11) is 0. The molecule has 4 nitrogen and oxygen atoms in total. The molecule has 1 aromatic heterocycles. The maximum absolute atomic E-state index is 12.2. The Morgan fingerprint density at radius 2 is 1.73 bits per heavy atom. The lowest BCUT2D eigenvalue weighted by Crippen LogP contribution is -2.22. The topological polar surface area (TPSA) is 55.1 Å². The second-order valence-corrected chi connectivity index (χ2v) is 6.85. The summed E-state index contributed by atoms with van der Waals surface area (Å²) < 4.78 is 6.38. The summed E-state index contributed by atoms with van der Waals surface area (Å²) in [4.78, 5) is 12.2. The van der Waals surface area contributed by atoms with E-state index in [0.717, 1.165) is 15.4 Å². The highest BCUT2D eigenvalue weighted by Gasteiger charge is 2.10. The third kappa shape index (κ3) is 3.53. The molecule has 0 spiro atoms. The molecule has 0 saturated heterocycles. The lowest BCUT2D eigenvalue weighted by Gasteiger charge is -2.02. The first-order chi connectivity index (χ1) is 12.7. The van der Waals surface area contributed by atoms with E-state index in [0.29, 0.717) is 23.6 Å². The van der Waals surface area contributed by atoms with Crippen LogP contribution >= 0.6 is 15.9 Å². The minimum absolute atomic E-state index is 0.146. The highest BCUT2D eigenvalue weighted by Crippen LogP contribution is 2.25. The van der Waals surface area contributed by atoms with Crippen molar-refractivity contribution in [3.63, 3.8) is 0 Å². The van der Waals surface area contributed by atoms with E-state index in [4.69, 9.17) is 4.52 Å². The number of rotatable bonds is 4. The molecule has 0 unspecified atom stereocenters. The number of amides is 1. The molecule has 128 valence electrons. The highest BCUT2D eigenvalue weighted by molar-refractivity contribution is 9.10. The summed E-state index contributed by atoms with van der Waals surface area (Å²) in [5, 5.41) is 9.23. The Balaban J connectivity index is 1.47. The lowest BCUT2D eigenvalue weighted by molar-refractivity contribution is 0.0950. The molecule has 0 saturated carbocycles. The van der Waals surface area contributed by atoms with Crippen molar-refractivity contribution in [3.8, 4) is 11.3 Å². The number of halogens is 1. The molecule has 1 N–H and O–H groups in total. The van der Waals surface area contributed by atoms with Gasteiger partial charge in [0.15, 0.2) is 5.76 Å². The van der Waals surface area contributed by atoms with Gasteiger partial charge in [0.05, 0.1) is 6.54 Å². The monoisotopic (exact) mass is 406 g/mol. The van der Waals surface area contributed by atoms with Gasteiger partial charge in [-0.1, -0.05) is 57.5 Å². The highest BCUT2D eigenvalue weighted by atomic mass is 79.9. The van der Waals surface area contributed by atoms with Crippen LogP contribution in [0.5, 0.6) is 0 Å². The zero-order valence-electron chi connectivity index (χ0n) is 13.8. The Kier molecular flexibility index (Phi) is 4.54. The van der Waals surface area contributed by atoms with Crippen LogP contribution in [-0.2, 0) is 6.54 Å². The Labute approximate surface area is 159 Å². The van der Waals surface area contributed by atoms with Crippen LogP contribution in [0.2, 0.25) is 0 Å². The van der Waals surface area contributed by atoms with Crippen molar-refractivity contribution < 1.29 is 9.32 Å². The number of benzene rings is 3. The van der Waals surface area contributed by atoms with Gasteiger partial charge in [-0.15, -0.1) is 0 Å². The average Bonchev–Trinajstić information content (AvgIpc) is 3.15. The van der Waals surface area contributed by atoms with Gasteiger partial charge in [0.2, 0.25) is 0 Å². The number of aromatic nitrogens is 1. The number of hydrogen-bond acceptors (Lipinski definition) is 3. The molecule has 26 heavy (non-hydrogen) atoms. The average molecular weight is 407 g/mol. The predicted molar refractivity (Wildman–Crippen MR) is 105 cm³/mol. The Bertz CT molecular complexity index is 1070. The molecular formula is C21H15BrN2O2. The second-order valence-electron chi connectivity index (χ2n) is 5.93. The van der Waals surface area contributed by atoms with Crippen LogP contribution in [0.15, 0.2) is 81.8 Å². The number of nitrogens with zero attached hydrogens (tertiary/aromatic N) is 1. The molecule has 0 radical (unpaired) electrons. The Morgan fingerprint density at radius 3 is 2.54 bits per heavy atom. The number of carbonyl (C=O) groups is 1. The minimum atomic E-state index is -0.146. The van der Waals surface area contributed by atoms with E-state index in [9.17, 15) is 4.79 Å². The molecular weight excluding hydrogens is 392 g/mol. The van der Waals surface area contributed by atoms with Crippen molar-refractivity contribution >= 4 is 32.6 Å². The summed E-state index contributed by atoms with van der Waals surface area (Å²) in [6.07, 6.45) is 0. The van der Waals surface area contributed by atoms with Gasteiger partial charge < -0.3 is 9.84 Å². The first-order valence-electron chi connectivity index (χ1n) is 8.17. The van der Waals surface area contributed by atoms with Gasteiger partial charge in [-0.25, -0.2) is 0 Å². The maximum atomic E-state index is 12.2. The van der Waals surface area contributed by atoms with Crippen LogP contribution < -0.4 is 5.32 Å². The van der Waals surface area contributed by atoms with Crippen LogP contribution in [0.4, 0.5) is 0 Å². The molecule has 3 aromatic carbocycles. The van der Waals surface area contributed by atoms with Gasteiger partial charge in [-0.05, 0) is 41.1 Å². The summed E-state index contributed by atoms with van der Waals surface area (Å²) in [6, 6.07) is 23.4. The maximum Gasteiger partial charge on any atom is 0.251 e. The van der Waals surface area contributed by atoms with Crippen molar-refractivity contribution in [1.29, 1.82) is 0 Å². The molecule has 0 fully saturated rings. The standard InChI is InChI=1S/C21H15BrN2O2/c22-18-9-7-15(8-10-18)21(25)23-13-19-12-20(26-24-19)17-6-5-14-3-1-2-4-16(14)11-17/h1-12H,13H2,(H,23,25). The fraction of sp³-hybridized carbons (Fsp3) is 0.0476. The van der Waals surface area contributed by atoms with E-state index in [-0.39, 0.29) is 5.91 Å². The van der Waals surface area contributed by atoms with E-state index in [1.165, 1.54) is 5.39 Å². The van der Waals surface area contributed by atoms with Crippen LogP contribution in [0.3, 0.4) is 0 Å². The minimum Gasteiger partial charge on any atom is -0.356 e. The fourth-order valence-corrected chi connectivity index (χ4v) is 3.01. The van der Waals surface area contributed by atoms with Crippen LogP contribution in [0.1, 0.15) is 16.1 Å². The van der Waals surface area contributed by atoms with Crippen LogP contribution in [-0.4, -0.2) is 11.1 Å². The molecule has 1 heterocycles. The fourth-order valence-electron chi connectivity index (χ4n) is 2.75. The van der Waals surface area contributed by atoms with Gasteiger partial charge in [-0.3, -0.25) is 4.79 Å². The van der Waals surface area contributed by atoms with E-state index >= 15 is 0 Å². The molecule has 0 aliphatic heterocycles. The third-order valence-electron chi connectivity index (χ3n) is 4.13. The lowest BCUT2D eigenvalue weighted by atomic mass is 10.1. The molecule has 0 atom stereocenters. The van der Waals surface area contributed by atoms with Crippen molar-refractivity contribution in [2.75, 3.05) is 0 Å². The van der Waals surface area contributed by atoms with E-state index < -0.39 is 0 Å². The number of carbonyl (C=O) groups excluding carboxylic acids is 1. The number of nitrogens with one attached hydrogen (secondary N) is 1. The first kappa shape index (κ1) is 16.5. The van der Waals surface area contributed by atoms with Gasteiger partial charge in [0.25, 0.3) is 5.91 Å². The summed E-state index contributed by atoms with van der Waals surface area (Å²) >= 11 is 3.36. The van der Waals surface area contributed by atoms with Crippen molar-refractivity contribution in [2.45, 2.75) is 6.54 Å². The normalized spacial score (nSPS) is 10.8. The van der Waals surface area contributed by atoms with Gasteiger partial charge in [-0.2, -0.15) is 0 Å². The Hall–Kier alpha value is -2.92. The Morgan fingerprint density at radius 1 is 0.962 bits per heavy atom. The molecule has 4 rings (SSSR count). The predicted octanol–water partition coefficient (Wildman–Crippen LogP) is 5.19. The van der Waals surface area contributed by atoms with Gasteiger partial charge in [0, 0.05) is 21.7 Å². The molecule has 0 bridgehead atoms. The smallest absolute Gasteiger partial charge is 0.251 e. The second kappa shape index (κ2) is 7.14. The van der Waals surface area contributed by atoms with Gasteiger partial charge >= 0.3 is 0 Å². The van der Waals surface area contributed by atoms with Crippen molar-refractivity contribution in [3.05, 3.63) is 88.5 Å². The van der Waals surface area contributed by atoms with Crippen LogP contribution in [0, 0.1) is 0 Å². The summed E-state index contributed by atoms with van der Waals surface area (Å²) in [5.41, 5.74) is 2.24. The first-order valence-corrected chi connectivity index (χ1v) is 8.97. The summed E-state index contributed by atoms with van der Waals surface area (Å²) in [5.74, 6) is 0.538. The SMILES string of the molecule is O=C(NCc1cc(-c2ccc3ccccc3c2)on1)c1ccc(Br)cc1. The van der Waals surface area contributed by atoms with E-state index in [1.807, 2.05) is 36.4 Å². The molecule has 0 aliphatic carbocycles. The number of fused-ring (bicyclic) bond motifs is 1. The quantitative estimate of drug-likeness (QED) is 0.507. The molecule has 1 amide bonds. The summed E-state index contributed by atoms with van der Waals surface area (Å²) in [6.45, 7) is 0.311. The third-order valence-corrected chi connectivity index (χ3v) is 4.66. The van der Waals surface area contributed by atoms with Crippen LogP contribution in [0.25, 0.3) is 22.1 Å². The zero-order valence-corrected chi connectivity index (χ0v) is 15.4. The largest absolute Gasteiger partial charge is 0.356 e. The van der Waals surface area contributed by atoms with Gasteiger partial charge in [0.1, 0.15) is 5.69 Å². The van der Waals surface area contributed by atoms with Crippen molar-refractivity contribution in [2.24, 2.45) is 0 Å². The molecule has 0 aliphatic rings. The van der Waals surface area contributed by atoms with E-state index in [1.54, 1.807) is 12.1 Å². The number of hydrogen-bond donors (Lipinski definition) is 1. The van der Waals surface area contributed by atoms with Crippen molar-refractivity contribution in [1.82, 2.24) is 10.5 Å². The molecule has 5 heteroatoms. The zero-order chi connectivity index (χ0) is 17.9. The van der Waals surface area contributed by atoms with E-state index in [2.05, 4.69) is 50.7 Å². The molecule has 4 aromatic rings.